The molecule has 0 bridgehead atoms. The van der Waals surface area contributed by atoms with Crippen molar-refractivity contribution in [1.29, 1.82) is 0 Å². The number of carbonyl (C=O) groups is 3. The summed E-state index contributed by atoms with van der Waals surface area (Å²) < 4.78 is 5.85. The average Bonchev–Trinajstić information content (AvgIpc) is 3.54. The molecule has 1 saturated heterocycles. The van der Waals surface area contributed by atoms with Gasteiger partial charge >= 0.3 is 5.97 Å². The Hall–Kier alpha value is -3.41. The molecule has 180 valence electrons. The Morgan fingerprint density at radius 3 is 2.43 bits per heavy atom. The van der Waals surface area contributed by atoms with Gasteiger partial charge in [-0.2, -0.15) is 0 Å². The van der Waals surface area contributed by atoms with E-state index in [-0.39, 0.29) is 17.8 Å². The number of hydrogen-bond acceptors (Lipinski definition) is 4. The normalized spacial score (nSPS) is 24.3. The van der Waals surface area contributed by atoms with Crippen molar-refractivity contribution in [1.82, 2.24) is 9.80 Å². The van der Waals surface area contributed by atoms with Crippen molar-refractivity contribution in [2.24, 2.45) is 0 Å². The van der Waals surface area contributed by atoms with E-state index in [2.05, 4.69) is 30.3 Å². The molecule has 1 spiro atoms. The van der Waals surface area contributed by atoms with E-state index in [1.807, 2.05) is 41.0 Å². The van der Waals surface area contributed by atoms with Gasteiger partial charge in [0.2, 0.25) is 11.8 Å². The second-order valence-electron chi connectivity index (χ2n) is 10.2. The summed E-state index contributed by atoms with van der Waals surface area (Å²) in [6.07, 6.45) is 5.88. The summed E-state index contributed by atoms with van der Waals surface area (Å²) in [5.74, 6) is 0.0587. The first-order valence-electron chi connectivity index (χ1n) is 12.7. The monoisotopic (exact) mass is 470 g/mol. The Bertz CT molecular complexity index is 1240. The van der Waals surface area contributed by atoms with Gasteiger partial charge in [-0.1, -0.05) is 55.5 Å². The minimum atomic E-state index is -0.705. The third-order valence-electron chi connectivity index (χ3n) is 8.28. The Balaban J connectivity index is 1.17. The van der Waals surface area contributed by atoms with E-state index in [1.54, 1.807) is 0 Å². The fraction of sp³-hybridized carbons (Fsp3) is 0.414. The molecule has 2 fully saturated rings. The predicted octanol–water partition coefficient (Wildman–Crippen LogP) is 4.04. The molecule has 1 saturated carbocycles. The van der Waals surface area contributed by atoms with Crippen LogP contribution in [0.1, 0.15) is 66.1 Å². The summed E-state index contributed by atoms with van der Waals surface area (Å²) in [7, 11) is 0. The topological polar surface area (TPSA) is 66.9 Å². The maximum absolute atomic E-state index is 13.7. The van der Waals surface area contributed by atoms with Gasteiger partial charge in [0.1, 0.15) is 0 Å². The fourth-order valence-electron chi connectivity index (χ4n) is 6.04. The summed E-state index contributed by atoms with van der Waals surface area (Å²) in [6, 6.07) is 16.0. The van der Waals surface area contributed by atoms with Crippen LogP contribution < -0.4 is 0 Å². The van der Waals surface area contributed by atoms with Crippen LogP contribution in [0.3, 0.4) is 0 Å². The molecule has 0 N–H and O–H groups in total. The van der Waals surface area contributed by atoms with Crippen molar-refractivity contribution < 1.29 is 19.1 Å². The van der Waals surface area contributed by atoms with Crippen molar-refractivity contribution in [3.05, 3.63) is 76.9 Å². The smallest absolute Gasteiger partial charge is 0.339 e. The van der Waals surface area contributed by atoms with Gasteiger partial charge in [-0.25, -0.2) is 4.79 Å². The molecule has 3 heterocycles. The first-order valence-corrected chi connectivity index (χ1v) is 12.7. The molecule has 2 aromatic rings. The van der Waals surface area contributed by atoms with Gasteiger partial charge < -0.3 is 14.5 Å². The molecular formula is C29H30N2O4. The first kappa shape index (κ1) is 22.1. The Morgan fingerprint density at radius 1 is 0.971 bits per heavy atom. The predicted molar refractivity (Wildman–Crippen MR) is 132 cm³/mol. The third kappa shape index (κ3) is 3.49. The lowest BCUT2D eigenvalue weighted by Crippen LogP contribution is -2.40. The Morgan fingerprint density at radius 2 is 1.74 bits per heavy atom. The Labute approximate surface area is 205 Å². The summed E-state index contributed by atoms with van der Waals surface area (Å²) in [6.45, 7) is 4.34. The van der Waals surface area contributed by atoms with Crippen molar-refractivity contribution in [3.8, 4) is 0 Å². The zero-order valence-electron chi connectivity index (χ0n) is 20.1. The molecule has 6 rings (SSSR count). The molecule has 1 atom stereocenters. The van der Waals surface area contributed by atoms with Crippen molar-refractivity contribution in [2.75, 3.05) is 26.2 Å². The van der Waals surface area contributed by atoms with Gasteiger partial charge in [-0.15, -0.1) is 0 Å². The number of rotatable bonds is 4. The lowest BCUT2D eigenvalue weighted by atomic mass is 9.90. The molecule has 4 aliphatic rings. The lowest BCUT2D eigenvalue weighted by molar-refractivity contribution is -0.134. The molecule has 0 radical (unpaired) electrons. The fourth-order valence-corrected chi connectivity index (χ4v) is 6.04. The molecule has 3 aliphatic heterocycles. The van der Waals surface area contributed by atoms with Gasteiger partial charge in [-0.3, -0.25) is 9.59 Å². The second kappa shape index (κ2) is 8.08. The van der Waals surface area contributed by atoms with E-state index in [4.69, 9.17) is 4.74 Å². The number of nitrogens with zero attached hydrogens (tertiary/aromatic N) is 2. The molecule has 6 heteroatoms. The minimum absolute atomic E-state index is 0.146. The zero-order chi connectivity index (χ0) is 24.2. The van der Waals surface area contributed by atoms with Crippen LogP contribution >= 0.6 is 0 Å². The molecule has 6 nitrogen and oxygen atoms in total. The van der Waals surface area contributed by atoms with Gasteiger partial charge in [-0.05, 0) is 42.0 Å². The largest absolute Gasteiger partial charge is 0.449 e. The minimum Gasteiger partial charge on any atom is -0.449 e. The van der Waals surface area contributed by atoms with Gasteiger partial charge in [0.05, 0.1) is 17.5 Å². The van der Waals surface area contributed by atoms with Crippen LogP contribution in [0, 0.1) is 0 Å². The van der Waals surface area contributed by atoms with Gasteiger partial charge in [0.15, 0.2) is 5.60 Å². The van der Waals surface area contributed by atoms with Crippen LogP contribution in [0.4, 0.5) is 0 Å². The molecule has 0 aromatic heterocycles. The van der Waals surface area contributed by atoms with E-state index in [1.165, 1.54) is 5.57 Å². The number of esters is 1. The van der Waals surface area contributed by atoms with Gasteiger partial charge in [0.25, 0.3) is 0 Å². The van der Waals surface area contributed by atoms with Crippen LogP contribution in [-0.2, 0) is 25.3 Å². The molecular weight excluding hydrogens is 440 g/mol. The SMILES string of the molecule is CCC(=O)N1CC=C(c2ccc(C3(C(=O)N4CCC5(C4)OC(=O)c4ccccc45)CC3)cc2)CC1. The van der Waals surface area contributed by atoms with E-state index >= 15 is 0 Å². The number of benzene rings is 2. The highest BCUT2D eigenvalue weighted by atomic mass is 16.6. The molecule has 35 heavy (non-hydrogen) atoms. The van der Waals surface area contributed by atoms with E-state index in [0.717, 1.165) is 42.5 Å². The van der Waals surface area contributed by atoms with Crippen molar-refractivity contribution in [2.45, 2.75) is 50.0 Å². The maximum atomic E-state index is 13.7. The highest BCUT2D eigenvalue weighted by Gasteiger charge is 2.57. The number of likely N-dealkylation sites (tertiary alicyclic amines) is 1. The summed E-state index contributed by atoms with van der Waals surface area (Å²) >= 11 is 0. The van der Waals surface area contributed by atoms with Crippen LogP contribution in [0.5, 0.6) is 0 Å². The maximum Gasteiger partial charge on any atom is 0.339 e. The highest BCUT2D eigenvalue weighted by molar-refractivity contribution is 5.96. The molecule has 2 amide bonds. The second-order valence-corrected chi connectivity index (χ2v) is 10.2. The van der Waals surface area contributed by atoms with Gasteiger partial charge in [0, 0.05) is 38.0 Å². The zero-order valence-corrected chi connectivity index (χ0v) is 20.1. The van der Waals surface area contributed by atoms with E-state index < -0.39 is 11.0 Å². The number of carbonyl (C=O) groups excluding carboxylic acids is 3. The quantitative estimate of drug-likeness (QED) is 0.633. The Kier molecular flexibility index (Phi) is 5.09. The van der Waals surface area contributed by atoms with E-state index in [0.29, 0.717) is 38.0 Å². The molecule has 1 aliphatic carbocycles. The summed E-state index contributed by atoms with van der Waals surface area (Å²) in [5, 5.41) is 0. The van der Waals surface area contributed by atoms with Crippen molar-refractivity contribution in [3.63, 3.8) is 0 Å². The van der Waals surface area contributed by atoms with Crippen LogP contribution in [-0.4, -0.2) is 53.8 Å². The van der Waals surface area contributed by atoms with Crippen molar-refractivity contribution >= 4 is 23.4 Å². The highest BCUT2D eigenvalue weighted by Crippen LogP contribution is 2.52. The molecule has 2 aromatic carbocycles. The van der Waals surface area contributed by atoms with Crippen LogP contribution in [0.2, 0.25) is 0 Å². The third-order valence-corrected chi connectivity index (χ3v) is 8.28. The van der Waals surface area contributed by atoms with Crippen LogP contribution in [0.15, 0.2) is 54.6 Å². The number of amides is 2. The average molecular weight is 471 g/mol. The summed E-state index contributed by atoms with van der Waals surface area (Å²) in [5.41, 5.74) is 3.86. The standard InChI is InChI=1S/C29H30N2O4/c1-2-25(32)30-16-11-21(12-17-30)20-7-9-22(10-8-20)28(13-14-28)27(34)31-18-15-29(19-31)24-6-4-3-5-23(24)26(33)35-29/h3-11H,2,12-19H2,1H3. The number of hydrogen-bond donors (Lipinski definition) is 0. The van der Waals surface area contributed by atoms with Crippen LogP contribution in [0.25, 0.3) is 5.57 Å². The van der Waals surface area contributed by atoms with E-state index in [9.17, 15) is 14.4 Å². The number of fused-ring (bicyclic) bond motifs is 2. The number of ether oxygens (including phenoxy) is 1. The summed E-state index contributed by atoms with van der Waals surface area (Å²) in [4.78, 5) is 41.9. The lowest BCUT2D eigenvalue weighted by Gasteiger charge is -2.27. The molecule has 1 unspecified atom stereocenters. The first-order chi connectivity index (χ1) is 17.0.